The summed E-state index contributed by atoms with van der Waals surface area (Å²) in [7, 11) is -4.71. The van der Waals surface area contributed by atoms with Gasteiger partial charge in [-0.3, -0.25) is 4.79 Å². The number of carbonyl (C=O) groups excluding carboxylic acids is 1. The summed E-state index contributed by atoms with van der Waals surface area (Å²) in [5.41, 5.74) is 7.23. The van der Waals surface area contributed by atoms with Gasteiger partial charge in [0, 0.05) is 11.1 Å². The van der Waals surface area contributed by atoms with Crippen molar-refractivity contribution in [3.8, 4) is 0 Å². The number of nitrogens with one attached hydrogen (secondary N) is 1. The Morgan fingerprint density at radius 2 is 1.81 bits per heavy atom. The molecule has 0 aliphatic heterocycles. The highest BCUT2D eigenvalue weighted by molar-refractivity contribution is 7.90. The number of hydrogen-bond acceptors (Lipinski definition) is 6. The van der Waals surface area contributed by atoms with Gasteiger partial charge in [-0.2, -0.15) is 8.42 Å². The van der Waals surface area contributed by atoms with Crippen molar-refractivity contribution in [1.82, 2.24) is 9.97 Å². The Morgan fingerprint density at radius 1 is 1.08 bits per heavy atom. The lowest BCUT2D eigenvalue weighted by molar-refractivity contribution is 0.105. The predicted octanol–water partition coefficient (Wildman–Crippen LogP) is 3.75. The van der Waals surface area contributed by atoms with Gasteiger partial charge in [-0.1, -0.05) is 35.9 Å². The van der Waals surface area contributed by atoms with E-state index >= 15 is 0 Å². The first-order valence-corrected chi connectivity index (χ1v) is 12.5. The van der Waals surface area contributed by atoms with Crippen molar-refractivity contribution >= 4 is 44.0 Å². The highest BCUT2D eigenvalue weighted by atomic mass is 32.2. The SMILES string of the molecule is Cc1cccc(C(O)=C(C(=O)c2ccc(F)c(S(=O)(=O)N=C(N)[C@@H](C)O)c2)c2nc3ccccc3[nH]2)c1. The second-order valence-corrected chi connectivity index (χ2v) is 9.91. The van der Waals surface area contributed by atoms with Crippen LogP contribution >= 0.6 is 0 Å². The Morgan fingerprint density at radius 3 is 2.49 bits per heavy atom. The number of carbonyl (C=O) groups is 1. The first kappa shape index (κ1) is 25.7. The van der Waals surface area contributed by atoms with E-state index in [0.29, 0.717) is 16.6 Å². The molecule has 0 saturated heterocycles. The molecule has 0 bridgehead atoms. The van der Waals surface area contributed by atoms with E-state index in [1.54, 1.807) is 42.5 Å². The van der Waals surface area contributed by atoms with Crippen LogP contribution in [0.4, 0.5) is 4.39 Å². The van der Waals surface area contributed by atoms with E-state index in [1.807, 2.05) is 13.0 Å². The number of aromatic nitrogens is 2. The maximum absolute atomic E-state index is 14.6. The molecular formula is C26H23FN4O5S. The van der Waals surface area contributed by atoms with Crippen molar-refractivity contribution in [1.29, 1.82) is 0 Å². The Labute approximate surface area is 211 Å². The number of rotatable bonds is 7. The van der Waals surface area contributed by atoms with E-state index in [-0.39, 0.29) is 17.0 Å². The monoisotopic (exact) mass is 522 g/mol. The number of ketones is 1. The number of amidine groups is 1. The minimum Gasteiger partial charge on any atom is -0.506 e. The first-order chi connectivity index (χ1) is 17.5. The summed E-state index contributed by atoms with van der Waals surface area (Å²) >= 11 is 0. The van der Waals surface area contributed by atoms with Crippen LogP contribution < -0.4 is 5.73 Å². The van der Waals surface area contributed by atoms with E-state index in [1.165, 1.54) is 6.92 Å². The molecule has 0 aliphatic rings. The van der Waals surface area contributed by atoms with E-state index in [9.17, 15) is 27.8 Å². The largest absolute Gasteiger partial charge is 0.506 e. The lowest BCUT2D eigenvalue weighted by Gasteiger charge is -2.11. The third kappa shape index (κ3) is 5.27. The third-order valence-electron chi connectivity index (χ3n) is 5.51. The van der Waals surface area contributed by atoms with Crippen LogP contribution in [-0.4, -0.2) is 46.3 Å². The number of fused-ring (bicyclic) bond motifs is 1. The highest BCUT2D eigenvalue weighted by Gasteiger charge is 2.27. The van der Waals surface area contributed by atoms with Gasteiger partial charge >= 0.3 is 0 Å². The molecule has 0 amide bonds. The minimum atomic E-state index is -4.71. The molecule has 9 nitrogen and oxygen atoms in total. The number of imidazole rings is 1. The zero-order valence-corrected chi connectivity index (χ0v) is 20.6. The number of allylic oxidation sites excluding steroid dienone is 1. The number of para-hydroxylation sites is 2. The summed E-state index contributed by atoms with van der Waals surface area (Å²) < 4.78 is 43.2. The van der Waals surface area contributed by atoms with Crippen molar-refractivity contribution < 1.29 is 27.8 Å². The van der Waals surface area contributed by atoms with E-state index in [2.05, 4.69) is 14.4 Å². The fourth-order valence-corrected chi connectivity index (χ4v) is 4.70. The highest BCUT2D eigenvalue weighted by Crippen LogP contribution is 2.30. The number of aliphatic hydroxyl groups is 2. The Bertz CT molecular complexity index is 1660. The summed E-state index contributed by atoms with van der Waals surface area (Å²) in [6, 6.07) is 16.5. The number of aliphatic hydroxyl groups excluding tert-OH is 2. The molecule has 0 spiro atoms. The average molecular weight is 523 g/mol. The molecular weight excluding hydrogens is 499 g/mol. The smallest absolute Gasteiger partial charge is 0.286 e. The lowest BCUT2D eigenvalue weighted by Crippen LogP contribution is -2.27. The Balaban J connectivity index is 1.91. The van der Waals surface area contributed by atoms with E-state index in [0.717, 1.165) is 23.8 Å². The molecule has 190 valence electrons. The number of nitrogens with zero attached hydrogens (tertiary/aromatic N) is 2. The number of halogens is 1. The molecule has 1 atom stereocenters. The van der Waals surface area contributed by atoms with Gasteiger partial charge in [-0.05, 0) is 50.2 Å². The summed E-state index contributed by atoms with van der Waals surface area (Å²) in [5.74, 6) is -3.00. The molecule has 5 N–H and O–H groups in total. The van der Waals surface area contributed by atoms with Crippen LogP contribution in [0.15, 0.2) is 76.0 Å². The van der Waals surface area contributed by atoms with Crippen molar-refractivity contribution in [2.75, 3.05) is 0 Å². The molecule has 4 rings (SSSR count). The topological polar surface area (TPSA) is 159 Å². The number of hydrogen-bond donors (Lipinski definition) is 4. The molecule has 1 heterocycles. The van der Waals surface area contributed by atoms with Gasteiger partial charge in [0.15, 0.2) is 0 Å². The molecule has 0 saturated carbocycles. The van der Waals surface area contributed by atoms with Gasteiger partial charge in [0.05, 0.1) is 11.0 Å². The number of nitrogens with two attached hydrogens (primary N) is 1. The molecule has 0 aliphatic carbocycles. The summed E-state index contributed by atoms with van der Waals surface area (Å²) in [5, 5.41) is 20.7. The van der Waals surface area contributed by atoms with Crippen molar-refractivity contribution in [2.45, 2.75) is 24.8 Å². The summed E-state index contributed by atoms with van der Waals surface area (Å²) in [6.07, 6.45) is -1.39. The van der Waals surface area contributed by atoms with Gasteiger partial charge in [-0.25, -0.2) is 9.37 Å². The maximum atomic E-state index is 14.6. The molecule has 4 aromatic rings. The summed E-state index contributed by atoms with van der Waals surface area (Å²) in [4.78, 5) is 20.3. The van der Waals surface area contributed by atoms with Crippen LogP contribution in [0.1, 0.15) is 34.2 Å². The molecule has 0 fully saturated rings. The third-order valence-corrected chi connectivity index (χ3v) is 6.83. The van der Waals surface area contributed by atoms with E-state index in [4.69, 9.17) is 5.73 Å². The van der Waals surface area contributed by atoms with Gasteiger partial charge in [-0.15, -0.1) is 4.40 Å². The maximum Gasteiger partial charge on any atom is 0.286 e. The quantitative estimate of drug-likeness (QED) is 0.0946. The van der Waals surface area contributed by atoms with Crippen LogP contribution in [0.5, 0.6) is 0 Å². The number of aromatic amines is 1. The second-order valence-electron chi connectivity index (χ2n) is 8.34. The fraction of sp³-hybridized carbons (Fsp3) is 0.115. The summed E-state index contributed by atoms with van der Waals surface area (Å²) in [6.45, 7) is 3.01. The number of aryl methyl sites for hydroxylation is 1. The van der Waals surface area contributed by atoms with Crippen molar-refractivity contribution in [3.05, 3.63) is 95.1 Å². The van der Waals surface area contributed by atoms with Crippen molar-refractivity contribution in [2.24, 2.45) is 10.1 Å². The normalized spacial score (nSPS) is 13.9. The molecule has 3 aromatic carbocycles. The minimum absolute atomic E-state index is 0.0373. The predicted molar refractivity (Wildman–Crippen MR) is 138 cm³/mol. The molecule has 1 aromatic heterocycles. The molecule has 0 unspecified atom stereocenters. The van der Waals surface area contributed by atoms with Gasteiger partial charge in [0.25, 0.3) is 10.0 Å². The fourth-order valence-electron chi connectivity index (χ4n) is 3.59. The van der Waals surface area contributed by atoms with Gasteiger partial charge < -0.3 is 20.9 Å². The lowest BCUT2D eigenvalue weighted by atomic mass is 9.98. The molecule has 0 radical (unpaired) electrons. The van der Waals surface area contributed by atoms with Gasteiger partial charge in [0.2, 0.25) is 5.78 Å². The van der Waals surface area contributed by atoms with E-state index < -0.39 is 44.2 Å². The zero-order chi connectivity index (χ0) is 26.9. The number of sulfonamides is 1. The van der Waals surface area contributed by atoms with Crippen LogP contribution in [-0.2, 0) is 10.0 Å². The molecule has 37 heavy (non-hydrogen) atoms. The van der Waals surface area contributed by atoms with Crippen LogP contribution in [0.3, 0.4) is 0 Å². The Hall–Kier alpha value is -4.35. The first-order valence-electron chi connectivity index (χ1n) is 11.1. The number of Topliss-reactive ketones (excluding diaryl/α,β-unsaturated/α-hetero) is 1. The van der Waals surface area contributed by atoms with Crippen LogP contribution in [0.25, 0.3) is 22.4 Å². The average Bonchev–Trinajstić information content (AvgIpc) is 3.27. The molecule has 11 heteroatoms. The number of H-pyrrole nitrogens is 1. The zero-order valence-electron chi connectivity index (χ0n) is 19.8. The Kier molecular flexibility index (Phi) is 6.92. The second kappa shape index (κ2) is 9.96. The van der Waals surface area contributed by atoms with Crippen molar-refractivity contribution in [3.63, 3.8) is 0 Å². The van der Waals surface area contributed by atoms with Crippen LogP contribution in [0, 0.1) is 12.7 Å². The standard InChI is InChI=1S/C26H23FN4O5S/c1-14-6-5-7-16(12-14)23(33)22(26-29-19-8-3-4-9-20(19)30-26)24(34)17-10-11-18(27)21(13-17)37(35,36)31-25(28)15(2)32/h3-13,15,32-33H,1-2H3,(H2,28,31)(H,29,30)/t15-/m1/s1. The van der Waals surface area contributed by atoms with Crippen LogP contribution in [0.2, 0.25) is 0 Å². The van der Waals surface area contributed by atoms with Gasteiger partial charge in [0.1, 0.15) is 39.8 Å². The number of benzene rings is 3.